The van der Waals surface area contributed by atoms with Crippen LogP contribution in [0.4, 0.5) is 0 Å². The SMILES string of the molecule is CCC1(Cl)C=CC=C(Cl)C1. The number of allylic oxidation sites excluding steroid dienone is 4. The molecule has 0 nitrogen and oxygen atoms in total. The Morgan fingerprint density at radius 2 is 2.40 bits per heavy atom. The van der Waals surface area contributed by atoms with E-state index in [2.05, 4.69) is 6.92 Å². The van der Waals surface area contributed by atoms with Crippen molar-refractivity contribution in [3.63, 3.8) is 0 Å². The Labute approximate surface area is 71.5 Å². The van der Waals surface area contributed by atoms with Crippen LogP contribution in [0, 0.1) is 0 Å². The summed E-state index contributed by atoms with van der Waals surface area (Å²) >= 11 is 11.9. The summed E-state index contributed by atoms with van der Waals surface area (Å²) in [7, 11) is 0. The van der Waals surface area contributed by atoms with Crippen LogP contribution < -0.4 is 0 Å². The van der Waals surface area contributed by atoms with Gasteiger partial charge in [-0.05, 0) is 12.5 Å². The molecule has 0 aromatic rings. The lowest BCUT2D eigenvalue weighted by Crippen LogP contribution is -2.18. The zero-order valence-electron chi connectivity index (χ0n) is 5.90. The molecular formula is C8H10Cl2. The Balaban J connectivity index is 2.71. The smallest absolute Gasteiger partial charge is 0.0675 e. The van der Waals surface area contributed by atoms with Crippen molar-refractivity contribution < 1.29 is 0 Å². The number of rotatable bonds is 1. The van der Waals surface area contributed by atoms with Crippen LogP contribution in [0.3, 0.4) is 0 Å². The molecule has 0 aliphatic heterocycles. The topological polar surface area (TPSA) is 0 Å². The molecule has 0 amide bonds. The summed E-state index contributed by atoms with van der Waals surface area (Å²) in [4.78, 5) is -0.216. The summed E-state index contributed by atoms with van der Waals surface area (Å²) in [6.45, 7) is 2.06. The molecule has 0 bridgehead atoms. The van der Waals surface area contributed by atoms with E-state index in [0.717, 1.165) is 17.9 Å². The molecule has 0 heterocycles. The maximum absolute atomic E-state index is 6.14. The lowest BCUT2D eigenvalue weighted by molar-refractivity contribution is 0.669. The standard InChI is InChI=1S/C8H10Cl2/c1-2-8(10)5-3-4-7(9)6-8/h3-5H,2,6H2,1H3. The molecule has 0 aromatic carbocycles. The second-order valence-corrected chi connectivity index (χ2v) is 3.78. The Kier molecular flexibility index (Phi) is 2.43. The normalized spacial score (nSPS) is 32.1. The van der Waals surface area contributed by atoms with Crippen molar-refractivity contribution in [3.05, 3.63) is 23.3 Å². The molecule has 1 atom stereocenters. The third kappa shape index (κ3) is 1.77. The van der Waals surface area contributed by atoms with Gasteiger partial charge in [-0.1, -0.05) is 30.7 Å². The van der Waals surface area contributed by atoms with E-state index in [4.69, 9.17) is 23.2 Å². The highest BCUT2D eigenvalue weighted by Gasteiger charge is 2.24. The first-order valence-electron chi connectivity index (χ1n) is 3.39. The highest BCUT2D eigenvalue weighted by Crippen LogP contribution is 2.33. The molecular weight excluding hydrogens is 167 g/mol. The van der Waals surface area contributed by atoms with Crippen LogP contribution in [0.1, 0.15) is 19.8 Å². The van der Waals surface area contributed by atoms with Crippen molar-refractivity contribution in [3.8, 4) is 0 Å². The molecule has 0 N–H and O–H groups in total. The van der Waals surface area contributed by atoms with Crippen molar-refractivity contribution in [2.24, 2.45) is 0 Å². The summed E-state index contributed by atoms with van der Waals surface area (Å²) in [5.41, 5.74) is 0. The Morgan fingerprint density at radius 3 is 2.80 bits per heavy atom. The summed E-state index contributed by atoms with van der Waals surface area (Å²) in [6.07, 6.45) is 7.50. The summed E-state index contributed by atoms with van der Waals surface area (Å²) in [6, 6.07) is 0. The molecule has 0 fully saturated rings. The molecule has 1 unspecified atom stereocenters. The average Bonchev–Trinajstić information content (AvgIpc) is 1.88. The van der Waals surface area contributed by atoms with Crippen molar-refractivity contribution >= 4 is 23.2 Å². The van der Waals surface area contributed by atoms with Gasteiger partial charge in [-0.25, -0.2) is 0 Å². The Morgan fingerprint density at radius 1 is 1.70 bits per heavy atom. The second-order valence-electron chi connectivity index (χ2n) is 2.54. The fraction of sp³-hybridized carbons (Fsp3) is 0.500. The molecule has 0 aromatic heterocycles. The largest absolute Gasteiger partial charge is 0.114 e. The molecule has 0 saturated carbocycles. The fourth-order valence-electron chi connectivity index (χ4n) is 0.966. The van der Waals surface area contributed by atoms with E-state index in [0.29, 0.717) is 0 Å². The van der Waals surface area contributed by atoms with Gasteiger partial charge in [-0.3, -0.25) is 0 Å². The van der Waals surface area contributed by atoms with Crippen LogP contribution in [0.15, 0.2) is 23.3 Å². The first-order valence-corrected chi connectivity index (χ1v) is 4.15. The fourth-order valence-corrected chi connectivity index (χ4v) is 1.56. The van der Waals surface area contributed by atoms with Gasteiger partial charge >= 0.3 is 0 Å². The van der Waals surface area contributed by atoms with Crippen LogP contribution >= 0.6 is 23.2 Å². The lowest BCUT2D eigenvalue weighted by atomic mass is 9.97. The maximum Gasteiger partial charge on any atom is 0.0675 e. The molecule has 1 aliphatic rings. The van der Waals surface area contributed by atoms with Gasteiger partial charge in [0.1, 0.15) is 0 Å². The minimum Gasteiger partial charge on any atom is -0.114 e. The Bertz CT molecular complexity index is 182. The van der Waals surface area contributed by atoms with Crippen molar-refractivity contribution in [2.75, 3.05) is 0 Å². The first-order chi connectivity index (χ1) is 4.66. The molecule has 10 heavy (non-hydrogen) atoms. The van der Waals surface area contributed by atoms with Crippen molar-refractivity contribution in [1.29, 1.82) is 0 Å². The molecule has 0 radical (unpaired) electrons. The average molecular weight is 177 g/mol. The monoisotopic (exact) mass is 176 g/mol. The van der Waals surface area contributed by atoms with Crippen LogP contribution in [0.5, 0.6) is 0 Å². The van der Waals surface area contributed by atoms with E-state index in [1.807, 2.05) is 18.2 Å². The van der Waals surface area contributed by atoms with E-state index in [9.17, 15) is 0 Å². The van der Waals surface area contributed by atoms with E-state index < -0.39 is 0 Å². The molecule has 1 rings (SSSR count). The van der Waals surface area contributed by atoms with Crippen LogP contribution in [-0.2, 0) is 0 Å². The number of alkyl halides is 1. The minimum atomic E-state index is -0.216. The van der Waals surface area contributed by atoms with E-state index in [1.54, 1.807) is 0 Å². The van der Waals surface area contributed by atoms with Gasteiger partial charge in [-0.2, -0.15) is 0 Å². The molecule has 0 saturated heterocycles. The third-order valence-electron chi connectivity index (χ3n) is 1.72. The number of halogens is 2. The maximum atomic E-state index is 6.14. The van der Waals surface area contributed by atoms with Gasteiger partial charge in [0, 0.05) is 11.5 Å². The highest BCUT2D eigenvalue weighted by molar-refractivity contribution is 6.32. The van der Waals surface area contributed by atoms with Crippen LogP contribution in [0.2, 0.25) is 0 Å². The van der Waals surface area contributed by atoms with E-state index in [1.165, 1.54) is 0 Å². The zero-order chi connectivity index (χ0) is 7.61. The van der Waals surface area contributed by atoms with Gasteiger partial charge in [-0.15, -0.1) is 11.6 Å². The lowest BCUT2D eigenvalue weighted by Gasteiger charge is -2.23. The van der Waals surface area contributed by atoms with Crippen molar-refractivity contribution in [1.82, 2.24) is 0 Å². The summed E-state index contributed by atoms with van der Waals surface area (Å²) in [5.74, 6) is 0. The molecule has 56 valence electrons. The van der Waals surface area contributed by atoms with Gasteiger partial charge in [0.25, 0.3) is 0 Å². The summed E-state index contributed by atoms with van der Waals surface area (Å²) in [5, 5.41) is 0.847. The van der Waals surface area contributed by atoms with Crippen molar-refractivity contribution in [2.45, 2.75) is 24.6 Å². The van der Waals surface area contributed by atoms with Gasteiger partial charge in [0.2, 0.25) is 0 Å². The quantitative estimate of drug-likeness (QED) is 0.538. The van der Waals surface area contributed by atoms with Crippen LogP contribution in [-0.4, -0.2) is 4.87 Å². The zero-order valence-corrected chi connectivity index (χ0v) is 7.41. The second kappa shape index (κ2) is 2.98. The highest BCUT2D eigenvalue weighted by atomic mass is 35.5. The summed E-state index contributed by atoms with van der Waals surface area (Å²) < 4.78 is 0. The number of hydrogen-bond acceptors (Lipinski definition) is 0. The predicted octanol–water partition coefficient (Wildman–Crippen LogP) is 3.46. The van der Waals surface area contributed by atoms with Gasteiger partial charge in [0.15, 0.2) is 0 Å². The van der Waals surface area contributed by atoms with Gasteiger partial charge < -0.3 is 0 Å². The van der Waals surface area contributed by atoms with E-state index in [-0.39, 0.29) is 4.87 Å². The predicted molar refractivity (Wildman–Crippen MR) is 46.6 cm³/mol. The molecule has 2 heteroatoms. The van der Waals surface area contributed by atoms with E-state index >= 15 is 0 Å². The van der Waals surface area contributed by atoms with Crippen LogP contribution in [0.25, 0.3) is 0 Å². The first kappa shape index (κ1) is 8.16. The molecule has 0 spiro atoms. The third-order valence-corrected chi connectivity index (χ3v) is 2.51. The minimum absolute atomic E-state index is 0.216. The number of hydrogen-bond donors (Lipinski definition) is 0. The molecule has 1 aliphatic carbocycles. The Hall–Kier alpha value is 0.0600. The van der Waals surface area contributed by atoms with Gasteiger partial charge in [0.05, 0.1) is 4.87 Å².